The van der Waals surface area contributed by atoms with E-state index in [0.717, 1.165) is 37.5 Å². The molecule has 0 bridgehead atoms. The molecule has 1 aliphatic rings. The van der Waals surface area contributed by atoms with E-state index in [1.807, 2.05) is 0 Å². The van der Waals surface area contributed by atoms with E-state index >= 15 is 0 Å². The van der Waals surface area contributed by atoms with Gasteiger partial charge in [0.1, 0.15) is 0 Å². The third kappa shape index (κ3) is 4.57. The van der Waals surface area contributed by atoms with Gasteiger partial charge in [0.15, 0.2) is 0 Å². The predicted molar refractivity (Wildman–Crippen MR) is 63.7 cm³/mol. The van der Waals surface area contributed by atoms with Crippen molar-refractivity contribution in [2.75, 3.05) is 14.2 Å². The van der Waals surface area contributed by atoms with Gasteiger partial charge in [0.25, 0.3) is 0 Å². The first-order chi connectivity index (χ1) is 8.67. The summed E-state index contributed by atoms with van der Waals surface area (Å²) in [5.41, 5.74) is 0.890. The normalized spacial score (nSPS) is 15.9. The van der Waals surface area contributed by atoms with E-state index in [2.05, 4.69) is 14.6 Å². The second kappa shape index (κ2) is 7.47. The second-order valence-corrected chi connectivity index (χ2v) is 3.83. The Morgan fingerprint density at radius 2 is 1.78 bits per heavy atom. The summed E-state index contributed by atoms with van der Waals surface area (Å²) in [6.45, 7) is 0. The first-order valence-electron chi connectivity index (χ1n) is 5.78. The zero-order valence-corrected chi connectivity index (χ0v) is 10.6. The van der Waals surface area contributed by atoms with Crippen LogP contribution in [0.25, 0.3) is 0 Å². The molecule has 0 aromatic heterocycles. The average molecular weight is 255 g/mol. The zero-order valence-electron chi connectivity index (χ0n) is 10.6. The first-order valence-corrected chi connectivity index (χ1v) is 5.78. The number of methoxy groups -OCH3 is 2. The molecular formula is C12H17NO5. The highest BCUT2D eigenvalue weighted by Gasteiger charge is 2.16. The van der Waals surface area contributed by atoms with Crippen molar-refractivity contribution in [1.82, 2.24) is 0 Å². The Morgan fingerprint density at radius 3 is 2.33 bits per heavy atom. The summed E-state index contributed by atoms with van der Waals surface area (Å²) in [7, 11) is 2.41. The van der Waals surface area contributed by atoms with Crippen molar-refractivity contribution in [3.63, 3.8) is 0 Å². The number of oxime groups is 1. The molecule has 6 nitrogen and oxygen atoms in total. The lowest BCUT2D eigenvalue weighted by molar-refractivity contribution is -0.142. The maximum Gasteiger partial charge on any atom is 0.377 e. The van der Waals surface area contributed by atoms with E-state index in [4.69, 9.17) is 4.84 Å². The molecule has 100 valence electrons. The van der Waals surface area contributed by atoms with Crippen LogP contribution in [0.4, 0.5) is 0 Å². The van der Waals surface area contributed by atoms with Gasteiger partial charge in [0.05, 0.1) is 26.0 Å². The fourth-order valence-corrected chi connectivity index (χ4v) is 1.55. The molecule has 0 spiro atoms. The van der Waals surface area contributed by atoms with Crippen LogP contribution >= 0.6 is 0 Å². The minimum Gasteiger partial charge on any atom is -0.466 e. The van der Waals surface area contributed by atoms with Crippen LogP contribution in [0, 0.1) is 0 Å². The highest BCUT2D eigenvalue weighted by Crippen LogP contribution is 2.15. The molecule has 0 aliphatic heterocycles. The van der Waals surface area contributed by atoms with Crippen molar-refractivity contribution in [3.05, 3.63) is 11.8 Å². The number of carbonyl (C=O) groups excluding carboxylic acids is 2. The van der Waals surface area contributed by atoms with E-state index in [9.17, 15) is 9.59 Å². The molecule has 0 amide bonds. The van der Waals surface area contributed by atoms with Gasteiger partial charge in [-0.25, -0.2) is 9.59 Å². The molecule has 0 atom stereocenters. The molecule has 0 aromatic carbocycles. The van der Waals surface area contributed by atoms with Crippen molar-refractivity contribution in [2.24, 2.45) is 5.16 Å². The van der Waals surface area contributed by atoms with Gasteiger partial charge < -0.3 is 14.3 Å². The van der Waals surface area contributed by atoms with Crippen molar-refractivity contribution in [1.29, 1.82) is 0 Å². The molecule has 1 rings (SSSR count). The number of hydrogen-bond acceptors (Lipinski definition) is 6. The molecule has 18 heavy (non-hydrogen) atoms. The van der Waals surface area contributed by atoms with E-state index in [-0.39, 0.29) is 5.76 Å². The Morgan fingerprint density at radius 1 is 1.11 bits per heavy atom. The molecule has 0 radical (unpaired) electrons. The van der Waals surface area contributed by atoms with Crippen molar-refractivity contribution in [3.8, 4) is 0 Å². The minimum absolute atomic E-state index is 0.276. The number of esters is 2. The maximum atomic E-state index is 11.3. The molecule has 6 heteroatoms. The Labute approximate surface area is 106 Å². The van der Waals surface area contributed by atoms with Crippen molar-refractivity contribution in [2.45, 2.75) is 32.1 Å². The van der Waals surface area contributed by atoms with Gasteiger partial charge in [-0.3, -0.25) is 0 Å². The molecule has 0 N–H and O–H groups in total. The summed E-state index contributed by atoms with van der Waals surface area (Å²) in [4.78, 5) is 27.4. The lowest BCUT2D eigenvalue weighted by Crippen LogP contribution is -2.11. The first kappa shape index (κ1) is 14.2. The van der Waals surface area contributed by atoms with Crippen LogP contribution < -0.4 is 0 Å². The SMILES string of the molecule is COC(=O)/C=C(\ON=C1CCCCC1)C(=O)OC. The number of rotatable bonds is 4. The Hall–Kier alpha value is -1.85. The van der Waals surface area contributed by atoms with Gasteiger partial charge in [-0.2, -0.15) is 0 Å². The van der Waals surface area contributed by atoms with Crippen LogP contribution in [-0.4, -0.2) is 31.9 Å². The van der Waals surface area contributed by atoms with E-state index < -0.39 is 11.9 Å². The maximum absolute atomic E-state index is 11.3. The van der Waals surface area contributed by atoms with E-state index in [1.165, 1.54) is 20.6 Å². The van der Waals surface area contributed by atoms with Gasteiger partial charge in [-0.1, -0.05) is 11.6 Å². The van der Waals surface area contributed by atoms with E-state index in [0.29, 0.717) is 0 Å². The quantitative estimate of drug-likeness (QED) is 0.330. The fourth-order valence-electron chi connectivity index (χ4n) is 1.55. The van der Waals surface area contributed by atoms with Gasteiger partial charge in [-0.05, 0) is 25.7 Å². The topological polar surface area (TPSA) is 74.2 Å². The zero-order chi connectivity index (χ0) is 13.4. The number of carbonyl (C=O) groups is 2. The molecule has 1 aliphatic carbocycles. The van der Waals surface area contributed by atoms with E-state index in [1.54, 1.807) is 0 Å². The van der Waals surface area contributed by atoms with Gasteiger partial charge >= 0.3 is 11.9 Å². The standard InChI is InChI=1S/C12H17NO5/c1-16-11(14)8-10(12(15)17-2)18-13-9-6-4-3-5-7-9/h8H,3-7H2,1-2H3/b10-8-. The molecule has 0 unspecified atom stereocenters. The smallest absolute Gasteiger partial charge is 0.377 e. The summed E-state index contributed by atoms with van der Waals surface area (Å²) in [6.07, 6.45) is 5.94. The summed E-state index contributed by atoms with van der Waals surface area (Å²) in [5, 5.41) is 3.88. The molecule has 0 aromatic rings. The van der Waals surface area contributed by atoms with Crippen LogP contribution in [0.3, 0.4) is 0 Å². The summed E-state index contributed by atoms with van der Waals surface area (Å²) >= 11 is 0. The van der Waals surface area contributed by atoms with Crippen LogP contribution in [-0.2, 0) is 23.9 Å². The van der Waals surface area contributed by atoms with Crippen LogP contribution in [0.2, 0.25) is 0 Å². The molecular weight excluding hydrogens is 238 g/mol. The van der Waals surface area contributed by atoms with Crippen molar-refractivity contribution >= 4 is 17.7 Å². The molecule has 1 fully saturated rings. The van der Waals surface area contributed by atoms with Crippen LogP contribution in [0.1, 0.15) is 32.1 Å². The average Bonchev–Trinajstić information content (AvgIpc) is 2.43. The highest BCUT2D eigenvalue weighted by atomic mass is 16.7. The second-order valence-electron chi connectivity index (χ2n) is 3.83. The summed E-state index contributed by atoms with van der Waals surface area (Å²) in [5.74, 6) is -1.73. The summed E-state index contributed by atoms with van der Waals surface area (Å²) < 4.78 is 8.90. The Bertz CT molecular complexity index is 365. The molecule has 0 heterocycles. The Kier molecular flexibility index (Phi) is 5.90. The third-order valence-corrected chi connectivity index (χ3v) is 2.54. The Balaban J connectivity index is 2.69. The predicted octanol–water partition coefficient (Wildman–Crippen LogP) is 1.55. The monoisotopic (exact) mass is 255 g/mol. The van der Waals surface area contributed by atoms with Crippen LogP contribution in [0.5, 0.6) is 0 Å². The van der Waals surface area contributed by atoms with Crippen LogP contribution in [0.15, 0.2) is 17.0 Å². The van der Waals surface area contributed by atoms with Gasteiger partial charge in [0, 0.05) is 0 Å². The fraction of sp³-hybridized carbons (Fsp3) is 0.583. The lowest BCUT2D eigenvalue weighted by atomic mass is 9.99. The third-order valence-electron chi connectivity index (χ3n) is 2.54. The van der Waals surface area contributed by atoms with Gasteiger partial charge in [0.2, 0.25) is 5.76 Å². The number of ether oxygens (including phenoxy) is 2. The largest absolute Gasteiger partial charge is 0.466 e. The molecule has 0 saturated heterocycles. The van der Waals surface area contributed by atoms with Gasteiger partial charge in [-0.15, -0.1) is 0 Å². The number of nitrogens with zero attached hydrogens (tertiary/aromatic N) is 1. The highest BCUT2D eigenvalue weighted by molar-refractivity contribution is 5.94. The molecule has 1 saturated carbocycles. The number of hydrogen-bond donors (Lipinski definition) is 0. The van der Waals surface area contributed by atoms with Crippen molar-refractivity contribution < 1.29 is 23.9 Å². The summed E-state index contributed by atoms with van der Waals surface area (Å²) in [6, 6.07) is 0. The minimum atomic E-state index is -0.763. The lowest BCUT2D eigenvalue weighted by Gasteiger charge is -2.11.